The Labute approximate surface area is 127 Å². The zero-order valence-corrected chi connectivity index (χ0v) is 13.4. The van der Waals surface area contributed by atoms with Gasteiger partial charge in [-0.3, -0.25) is 4.79 Å². The van der Waals surface area contributed by atoms with Crippen LogP contribution in [0, 0.1) is 9.49 Å². The summed E-state index contributed by atoms with van der Waals surface area (Å²) in [5.74, 6) is -1.02. The number of amides is 1. The zero-order chi connectivity index (χ0) is 13.7. The first kappa shape index (κ1) is 15.2. The van der Waals surface area contributed by atoms with Gasteiger partial charge in [0.15, 0.2) is 5.84 Å². The number of nitrogens with zero attached hydrogens (tertiary/aromatic N) is 1. The number of nitrogens with two attached hydrogens (primary N) is 1. The van der Waals surface area contributed by atoms with Crippen LogP contribution in [0.1, 0.15) is 13.3 Å². The summed E-state index contributed by atoms with van der Waals surface area (Å²) in [6.45, 7) is 1.80. The Morgan fingerprint density at radius 2 is 2.33 bits per heavy atom. The fourth-order valence-corrected chi connectivity index (χ4v) is 2.81. The van der Waals surface area contributed by atoms with Gasteiger partial charge < -0.3 is 16.3 Å². The van der Waals surface area contributed by atoms with Gasteiger partial charge in [0, 0.05) is 8.04 Å². The third-order valence-corrected chi connectivity index (χ3v) is 3.71. The predicted octanol–water partition coefficient (Wildman–Crippen LogP) is 2.76. The van der Waals surface area contributed by atoms with E-state index in [2.05, 4.69) is 49.0 Å². The first-order valence-corrected chi connectivity index (χ1v) is 7.10. The molecule has 98 valence electrons. The lowest BCUT2D eigenvalue weighted by atomic mass is 10.0. The molecule has 18 heavy (non-hydrogen) atoms. The number of hydrogen-bond acceptors (Lipinski definition) is 3. The molecule has 0 fully saturated rings. The molecule has 0 aliphatic rings. The second-order valence-corrected chi connectivity index (χ2v) is 5.70. The molecule has 1 rings (SSSR count). The van der Waals surface area contributed by atoms with E-state index in [-0.39, 0.29) is 11.7 Å². The van der Waals surface area contributed by atoms with Gasteiger partial charge in [0.25, 0.3) is 0 Å². The molecular formula is C11H13BrIN3O2. The molecule has 4 N–H and O–H groups in total. The Hall–Kier alpha value is -0.830. The fraction of sp³-hybridized carbons (Fsp3) is 0.273. The summed E-state index contributed by atoms with van der Waals surface area (Å²) in [6.07, 6.45) is 0.462. The van der Waals surface area contributed by atoms with Crippen molar-refractivity contribution in [2.75, 3.05) is 5.32 Å². The van der Waals surface area contributed by atoms with E-state index >= 15 is 0 Å². The molecule has 1 aromatic rings. The van der Waals surface area contributed by atoms with Gasteiger partial charge in [0.05, 0.1) is 11.6 Å². The van der Waals surface area contributed by atoms with Gasteiger partial charge in [-0.2, -0.15) is 0 Å². The second kappa shape index (κ2) is 6.93. The van der Waals surface area contributed by atoms with Crippen molar-refractivity contribution in [3.8, 4) is 0 Å². The number of benzene rings is 1. The van der Waals surface area contributed by atoms with Gasteiger partial charge in [-0.15, -0.1) is 0 Å². The molecule has 0 aromatic heterocycles. The third-order valence-electron chi connectivity index (χ3n) is 2.39. The normalized spacial score (nSPS) is 13.2. The van der Waals surface area contributed by atoms with Crippen molar-refractivity contribution in [2.24, 2.45) is 16.8 Å². The number of hydrogen-bond donors (Lipinski definition) is 3. The van der Waals surface area contributed by atoms with E-state index in [1.165, 1.54) is 0 Å². The van der Waals surface area contributed by atoms with Crippen molar-refractivity contribution >= 4 is 56.0 Å². The molecule has 7 heteroatoms. The maximum Gasteiger partial charge on any atom is 0.235 e. The van der Waals surface area contributed by atoms with Crippen LogP contribution in [-0.4, -0.2) is 17.0 Å². The van der Waals surface area contributed by atoms with Gasteiger partial charge in [-0.05, 0) is 63.1 Å². The van der Waals surface area contributed by atoms with E-state index in [9.17, 15) is 4.79 Å². The summed E-state index contributed by atoms with van der Waals surface area (Å²) >= 11 is 5.55. The van der Waals surface area contributed by atoms with Crippen LogP contribution in [-0.2, 0) is 4.79 Å². The summed E-state index contributed by atoms with van der Waals surface area (Å²) in [4.78, 5) is 12.0. The van der Waals surface area contributed by atoms with E-state index < -0.39 is 5.92 Å². The number of anilines is 1. The van der Waals surface area contributed by atoms with Crippen LogP contribution in [0.15, 0.2) is 27.8 Å². The first-order valence-electron chi connectivity index (χ1n) is 5.23. The Bertz CT molecular complexity index is 479. The van der Waals surface area contributed by atoms with Gasteiger partial charge >= 0.3 is 0 Å². The summed E-state index contributed by atoms with van der Waals surface area (Å²) < 4.78 is 1.85. The standard InChI is InChI=1S/C11H13BrIN3O2/c1-2-7(10(14)16-18)11(17)15-9-4-3-6(13)5-8(9)12/h3-5,7,18H,2H2,1H3,(H2,14,16)(H,15,17). The molecule has 0 spiro atoms. The van der Waals surface area contributed by atoms with Gasteiger partial charge in [-0.25, -0.2) is 0 Å². The number of carbonyl (C=O) groups excluding carboxylic acids is 1. The quantitative estimate of drug-likeness (QED) is 0.228. The van der Waals surface area contributed by atoms with Gasteiger partial charge in [0.2, 0.25) is 5.91 Å². The molecule has 0 bridgehead atoms. The predicted molar refractivity (Wildman–Crippen MR) is 82.7 cm³/mol. The maximum atomic E-state index is 12.0. The van der Waals surface area contributed by atoms with E-state index in [0.29, 0.717) is 12.1 Å². The van der Waals surface area contributed by atoms with Crippen LogP contribution < -0.4 is 11.1 Å². The van der Waals surface area contributed by atoms with Gasteiger partial charge in [0.1, 0.15) is 0 Å². The highest BCUT2D eigenvalue weighted by Gasteiger charge is 2.21. The Morgan fingerprint density at radius 3 is 2.83 bits per heavy atom. The summed E-state index contributed by atoms with van der Waals surface area (Å²) in [7, 11) is 0. The highest BCUT2D eigenvalue weighted by Crippen LogP contribution is 2.25. The zero-order valence-electron chi connectivity index (χ0n) is 9.65. The average Bonchev–Trinajstić information content (AvgIpc) is 2.33. The smallest absolute Gasteiger partial charge is 0.235 e. The van der Waals surface area contributed by atoms with Crippen LogP contribution in [0.2, 0.25) is 0 Å². The van der Waals surface area contributed by atoms with Crippen LogP contribution in [0.5, 0.6) is 0 Å². The SMILES string of the molecule is CCC(C(=O)Nc1ccc(I)cc1Br)/C(N)=N/O. The van der Waals surface area contributed by atoms with Crippen LogP contribution in [0.25, 0.3) is 0 Å². The van der Waals surface area contributed by atoms with Gasteiger partial charge in [-0.1, -0.05) is 12.1 Å². The highest BCUT2D eigenvalue weighted by molar-refractivity contribution is 14.1. The second-order valence-electron chi connectivity index (χ2n) is 3.60. The summed E-state index contributed by atoms with van der Waals surface area (Å²) in [5.41, 5.74) is 6.13. The summed E-state index contributed by atoms with van der Waals surface area (Å²) in [6, 6.07) is 5.56. The molecule has 1 atom stereocenters. The molecular weight excluding hydrogens is 413 g/mol. The largest absolute Gasteiger partial charge is 0.409 e. The first-order chi connectivity index (χ1) is 8.49. The lowest BCUT2D eigenvalue weighted by molar-refractivity contribution is -0.118. The topological polar surface area (TPSA) is 87.7 Å². The number of carbonyl (C=O) groups is 1. The van der Waals surface area contributed by atoms with Crippen molar-refractivity contribution in [1.29, 1.82) is 0 Å². The fourth-order valence-electron chi connectivity index (χ4n) is 1.41. The number of amidine groups is 1. The monoisotopic (exact) mass is 425 g/mol. The van der Waals surface area contributed by atoms with Crippen LogP contribution in [0.4, 0.5) is 5.69 Å². The Balaban J connectivity index is 2.86. The molecule has 0 aliphatic heterocycles. The molecule has 1 aromatic carbocycles. The number of halogens is 2. The minimum absolute atomic E-state index is 0.0864. The number of oxime groups is 1. The molecule has 0 radical (unpaired) electrons. The summed E-state index contributed by atoms with van der Waals surface area (Å²) in [5, 5.41) is 14.2. The Kier molecular flexibility index (Phi) is 5.86. The molecule has 1 amide bonds. The highest BCUT2D eigenvalue weighted by atomic mass is 127. The minimum atomic E-state index is -0.638. The van der Waals surface area contributed by atoms with E-state index in [1.807, 2.05) is 12.1 Å². The van der Waals surface area contributed by atoms with E-state index in [0.717, 1.165) is 8.04 Å². The number of nitrogens with one attached hydrogen (secondary N) is 1. The molecule has 5 nitrogen and oxygen atoms in total. The minimum Gasteiger partial charge on any atom is -0.409 e. The van der Waals surface area contributed by atoms with Crippen molar-refractivity contribution < 1.29 is 10.0 Å². The third kappa shape index (κ3) is 3.84. The number of rotatable bonds is 4. The van der Waals surface area contributed by atoms with Crippen LogP contribution in [0.3, 0.4) is 0 Å². The van der Waals surface area contributed by atoms with Crippen molar-refractivity contribution in [3.05, 3.63) is 26.2 Å². The maximum absolute atomic E-state index is 12.0. The average molecular weight is 426 g/mol. The van der Waals surface area contributed by atoms with E-state index in [1.54, 1.807) is 13.0 Å². The molecule has 0 saturated carbocycles. The van der Waals surface area contributed by atoms with Crippen LogP contribution >= 0.6 is 38.5 Å². The molecule has 0 saturated heterocycles. The van der Waals surface area contributed by atoms with E-state index in [4.69, 9.17) is 10.9 Å². The Morgan fingerprint density at radius 1 is 1.67 bits per heavy atom. The molecule has 0 heterocycles. The molecule has 1 unspecified atom stereocenters. The lowest BCUT2D eigenvalue weighted by Crippen LogP contribution is -2.34. The van der Waals surface area contributed by atoms with Crippen molar-refractivity contribution in [2.45, 2.75) is 13.3 Å². The lowest BCUT2D eigenvalue weighted by Gasteiger charge is -2.14. The molecule has 0 aliphatic carbocycles. The van der Waals surface area contributed by atoms with Crippen molar-refractivity contribution in [1.82, 2.24) is 0 Å². The van der Waals surface area contributed by atoms with Crippen molar-refractivity contribution in [3.63, 3.8) is 0 Å².